The van der Waals surface area contributed by atoms with E-state index in [1.165, 1.54) is 35.9 Å². The maximum atomic E-state index is 14.3. The minimum Gasteiger partial charge on any atom is -0.435 e. The summed E-state index contributed by atoms with van der Waals surface area (Å²) in [6, 6.07) is 7.08. The molecule has 4 rings (SSSR count). The Labute approximate surface area is 177 Å². The number of ether oxygens (including phenoxy) is 1. The topological polar surface area (TPSA) is 102 Å². The molecule has 13 heteroatoms. The van der Waals surface area contributed by atoms with Crippen molar-refractivity contribution in [2.45, 2.75) is 25.6 Å². The van der Waals surface area contributed by atoms with E-state index in [1.54, 1.807) is 0 Å². The summed E-state index contributed by atoms with van der Waals surface area (Å²) in [6.45, 7) is -2.11. The van der Waals surface area contributed by atoms with Gasteiger partial charge >= 0.3 is 12.6 Å². The largest absolute Gasteiger partial charge is 0.435 e. The van der Waals surface area contributed by atoms with E-state index in [1.807, 2.05) is 0 Å². The molecule has 1 atom stereocenters. The number of tetrazole rings is 1. The van der Waals surface area contributed by atoms with Crippen molar-refractivity contribution in [1.82, 2.24) is 30.4 Å². The van der Waals surface area contributed by atoms with Gasteiger partial charge in [-0.1, -0.05) is 0 Å². The Bertz CT molecular complexity index is 1190. The van der Waals surface area contributed by atoms with E-state index in [0.717, 1.165) is 23.1 Å². The molecule has 2 aromatic carbocycles. The highest BCUT2D eigenvalue weighted by Gasteiger charge is 2.50. The number of alkyl halides is 2. The van der Waals surface area contributed by atoms with Crippen molar-refractivity contribution in [1.29, 1.82) is 0 Å². The number of aromatic nitrogens is 4. The van der Waals surface area contributed by atoms with Gasteiger partial charge in [0.2, 0.25) is 0 Å². The highest BCUT2D eigenvalue weighted by molar-refractivity contribution is 6.07. The molecule has 3 amide bonds. The fourth-order valence-corrected chi connectivity index (χ4v) is 3.32. The lowest BCUT2D eigenvalue weighted by Crippen LogP contribution is -2.41. The summed E-state index contributed by atoms with van der Waals surface area (Å²) in [4.78, 5) is 26.3. The molecule has 1 saturated heterocycles. The number of rotatable bonds is 6. The van der Waals surface area contributed by atoms with E-state index in [0.29, 0.717) is 5.69 Å². The minimum absolute atomic E-state index is 0.0555. The SMILES string of the molecule is CC1(c2cc(F)ccc2F)NC(=O)N(Cc2nnnn2-c2ccc(OC(F)F)cc2)C1=O. The zero-order valence-electron chi connectivity index (χ0n) is 16.3. The van der Waals surface area contributed by atoms with Crippen LogP contribution < -0.4 is 10.1 Å². The first-order chi connectivity index (χ1) is 15.2. The van der Waals surface area contributed by atoms with Crippen LogP contribution in [-0.4, -0.2) is 43.7 Å². The number of urea groups is 1. The Hall–Kier alpha value is -4.03. The third-order valence-electron chi connectivity index (χ3n) is 4.88. The number of amides is 3. The van der Waals surface area contributed by atoms with Crippen LogP contribution in [0.5, 0.6) is 5.75 Å². The number of benzene rings is 2. The summed E-state index contributed by atoms with van der Waals surface area (Å²) in [6.07, 6.45) is 0. The van der Waals surface area contributed by atoms with Crippen LogP contribution in [-0.2, 0) is 16.9 Å². The van der Waals surface area contributed by atoms with Crippen molar-refractivity contribution in [3.63, 3.8) is 0 Å². The molecule has 0 radical (unpaired) electrons. The van der Waals surface area contributed by atoms with E-state index in [2.05, 4.69) is 25.6 Å². The molecule has 0 spiro atoms. The van der Waals surface area contributed by atoms with Crippen LogP contribution >= 0.6 is 0 Å². The van der Waals surface area contributed by atoms with Crippen LogP contribution in [0.15, 0.2) is 42.5 Å². The summed E-state index contributed by atoms with van der Waals surface area (Å²) in [7, 11) is 0. The Kier molecular flexibility index (Phi) is 5.24. The van der Waals surface area contributed by atoms with Gasteiger partial charge in [0.05, 0.1) is 12.2 Å². The Balaban J connectivity index is 1.60. The third-order valence-corrected chi connectivity index (χ3v) is 4.88. The first kappa shape index (κ1) is 21.2. The van der Waals surface area contributed by atoms with Crippen molar-refractivity contribution >= 4 is 11.9 Å². The third kappa shape index (κ3) is 3.72. The second-order valence-corrected chi connectivity index (χ2v) is 6.95. The van der Waals surface area contributed by atoms with Gasteiger partial charge in [-0.2, -0.15) is 13.5 Å². The summed E-state index contributed by atoms with van der Waals surface area (Å²) in [5.74, 6) is -2.49. The maximum Gasteiger partial charge on any atom is 0.387 e. The Morgan fingerprint density at radius 1 is 1.12 bits per heavy atom. The molecule has 9 nitrogen and oxygen atoms in total. The fraction of sp³-hybridized carbons (Fsp3) is 0.211. The van der Waals surface area contributed by atoms with E-state index in [-0.39, 0.29) is 23.7 Å². The smallest absolute Gasteiger partial charge is 0.387 e. The molecule has 2 heterocycles. The molecular weight excluding hydrogens is 436 g/mol. The molecule has 1 unspecified atom stereocenters. The molecule has 0 bridgehead atoms. The highest BCUT2D eigenvalue weighted by Crippen LogP contribution is 2.32. The lowest BCUT2D eigenvalue weighted by molar-refractivity contribution is -0.131. The Morgan fingerprint density at radius 2 is 1.84 bits per heavy atom. The number of halogens is 4. The van der Waals surface area contributed by atoms with Crippen LogP contribution in [0.25, 0.3) is 5.69 Å². The van der Waals surface area contributed by atoms with Crippen LogP contribution in [0.4, 0.5) is 22.4 Å². The van der Waals surface area contributed by atoms with Gasteiger partial charge in [-0.25, -0.2) is 13.6 Å². The number of hydrogen-bond donors (Lipinski definition) is 1. The van der Waals surface area contributed by atoms with Gasteiger partial charge in [-0.3, -0.25) is 9.69 Å². The summed E-state index contributed by atoms with van der Waals surface area (Å²) >= 11 is 0. The molecule has 1 fully saturated rings. The molecule has 0 aliphatic carbocycles. The Morgan fingerprint density at radius 3 is 2.53 bits per heavy atom. The zero-order chi connectivity index (χ0) is 23.0. The van der Waals surface area contributed by atoms with Crippen LogP contribution in [0.3, 0.4) is 0 Å². The average Bonchev–Trinajstić information content (AvgIpc) is 3.29. The number of nitrogens with one attached hydrogen (secondary N) is 1. The van der Waals surface area contributed by atoms with Gasteiger partial charge in [0, 0.05) is 5.56 Å². The predicted octanol–water partition coefficient (Wildman–Crippen LogP) is 2.51. The number of nitrogens with zero attached hydrogens (tertiary/aromatic N) is 5. The van der Waals surface area contributed by atoms with Crippen LogP contribution in [0.1, 0.15) is 18.3 Å². The normalized spacial score (nSPS) is 18.4. The lowest BCUT2D eigenvalue weighted by atomic mass is 9.91. The van der Waals surface area contributed by atoms with Gasteiger partial charge < -0.3 is 10.1 Å². The summed E-state index contributed by atoms with van der Waals surface area (Å²) in [5, 5.41) is 13.5. The first-order valence-corrected chi connectivity index (χ1v) is 9.11. The minimum atomic E-state index is -2.98. The quantitative estimate of drug-likeness (QED) is 0.458. The second kappa shape index (κ2) is 7.90. The average molecular weight is 450 g/mol. The van der Waals surface area contributed by atoms with Crippen LogP contribution in [0.2, 0.25) is 0 Å². The van der Waals surface area contributed by atoms with Gasteiger partial charge in [-0.15, -0.1) is 5.10 Å². The summed E-state index contributed by atoms with van der Waals surface area (Å²) in [5.41, 5.74) is -1.82. The molecule has 1 N–H and O–H groups in total. The van der Waals surface area contributed by atoms with Gasteiger partial charge in [0.15, 0.2) is 5.82 Å². The number of carbonyl (C=O) groups is 2. The maximum absolute atomic E-state index is 14.3. The highest BCUT2D eigenvalue weighted by atomic mass is 19.3. The predicted molar refractivity (Wildman–Crippen MR) is 98.6 cm³/mol. The molecular formula is C19H14F4N6O3. The molecule has 1 aliphatic heterocycles. The molecule has 1 aliphatic rings. The molecule has 32 heavy (non-hydrogen) atoms. The molecule has 1 aromatic heterocycles. The first-order valence-electron chi connectivity index (χ1n) is 9.11. The summed E-state index contributed by atoms with van der Waals surface area (Å²) < 4.78 is 58.0. The molecule has 166 valence electrons. The monoisotopic (exact) mass is 450 g/mol. The van der Waals surface area contributed by atoms with Crippen molar-refractivity contribution in [2.24, 2.45) is 0 Å². The van der Waals surface area contributed by atoms with E-state index < -0.39 is 35.7 Å². The van der Waals surface area contributed by atoms with Crippen molar-refractivity contribution in [3.8, 4) is 11.4 Å². The number of imide groups is 1. The fourth-order valence-electron chi connectivity index (χ4n) is 3.32. The van der Waals surface area contributed by atoms with Gasteiger partial charge in [-0.05, 0) is 59.8 Å². The molecule has 3 aromatic rings. The van der Waals surface area contributed by atoms with Crippen molar-refractivity contribution in [3.05, 3.63) is 65.5 Å². The number of carbonyl (C=O) groups excluding carboxylic acids is 2. The zero-order valence-corrected chi connectivity index (χ0v) is 16.3. The number of hydrogen-bond acceptors (Lipinski definition) is 6. The standard InChI is InChI=1S/C19H14F4N6O3/c1-19(13-8-10(20)2-7-14(13)21)16(30)28(18(31)24-19)9-15-25-26-27-29(15)11-3-5-12(6-4-11)32-17(22)23/h2-8,17H,9H2,1H3,(H,24,31). The van der Waals surface area contributed by atoms with Gasteiger partial charge in [0.1, 0.15) is 22.9 Å². The molecule has 0 saturated carbocycles. The van der Waals surface area contributed by atoms with E-state index in [9.17, 15) is 27.2 Å². The lowest BCUT2D eigenvalue weighted by Gasteiger charge is -2.22. The van der Waals surface area contributed by atoms with Crippen LogP contribution in [0, 0.1) is 11.6 Å². The second-order valence-electron chi connectivity index (χ2n) is 6.95. The van der Waals surface area contributed by atoms with E-state index >= 15 is 0 Å². The van der Waals surface area contributed by atoms with Gasteiger partial charge in [0.25, 0.3) is 5.91 Å². The van der Waals surface area contributed by atoms with Crippen molar-refractivity contribution in [2.75, 3.05) is 0 Å². The van der Waals surface area contributed by atoms with E-state index in [4.69, 9.17) is 0 Å². The van der Waals surface area contributed by atoms with Crippen molar-refractivity contribution < 1.29 is 31.9 Å².